The maximum absolute atomic E-state index is 12.9. The maximum atomic E-state index is 12.9. The van der Waals surface area contributed by atoms with Crippen molar-refractivity contribution in [3.05, 3.63) is 92.9 Å². The number of sulfonamides is 1. The van der Waals surface area contributed by atoms with Crippen molar-refractivity contribution in [3.63, 3.8) is 0 Å². The molecule has 34 heavy (non-hydrogen) atoms. The zero-order valence-electron chi connectivity index (χ0n) is 18.5. The van der Waals surface area contributed by atoms with Gasteiger partial charge in [-0.05, 0) is 60.0 Å². The molecule has 3 aromatic rings. The fourth-order valence-electron chi connectivity index (χ4n) is 3.90. The number of hydrazone groups is 1. The van der Waals surface area contributed by atoms with Crippen LogP contribution in [-0.2, 0) is 16.4 Å². The first-order valence-electron chi connectivity index (χ1n) is 10.9. The average Bonchev–Trinajstić information content (AvgIpc) is 3.23. The van der Waals surface area contributed by atoms with Crippen LogP contribution in [0.2, 0.25) is 15.1 Å². The Labute approximate surface area is 215 Å². The Balaban J connectivity index is 1.57. The smallest absolute Gasteiger partial charge is 0.240 e. The van der Waals surface area contributed by atoms with Gasteiger partial charge in [-0.25, -0.2) is 13.1 Å². The number of hydrogen-bond donors (Lipinski definition) is 1. The minimum absolute atomic E-state index is 0.0881. The van der Waals surface area contributed by atoms with E-state index in [0.717, 1.165) is 24.0 Å². The summed E-state index contributed by atoms with van der Waals surface area (Å²) in [6.45, 7) is 2.18. The lowest BCUT2D eigenvalue weighted by Gasteiger charge is -2.25. The Morgan fingerprint density at radius 3 is 2.29 bits per heavy atom. The van der Waals surface area contributed by atoms with Crippen LogP contribution in [0.15, 0.2) is 76.7 Å². The van der Waals surface area contributed by atoms with Crippen LogP contribution in [0.4, 0.5) is 5.69 Å². The summed E-state index contributed by atoms with van der Waals surface area (Å²) in [5, 5.41) is 8.16. The van der Waals surface area contributed by atoms with Gasteiger partial charge in [-0.3, -0.25) is 5.01 Å². The summed E-state index contributed by atoms with van der Waals surface area (Å²) in [4.78, 5) is 0.234. The molecule has 1 aliphatic rings. The summed E-state index contributed by atoms with van der Waals surface area (Å²) in [7, 11) is -3.67. The van der Waals surface area contributed by atoms with Gasteiger partial charge in [0.15, 0.2) is 0 Å². The molecule has 1 unspecified atom stereocenters. The van der Waals surface area contributed by atoms with Gasteiger partial charge in [-0.2, -0.15) is 5.10 Å². The first kappa shape index (κ1) is 25.0. The fourth-order valence-corrected chi connectivity index (χ4v) is 5.54. The van der Waals surface area contributed by atoms with E-state index >= 15 is 0 Å². The minimum atomic E-state index is -3.67. The Morgan fingerprint density at radius 1 is 0.971 bits per heavy atom. The molecule has 0 saturated heterocycles. The lowest BCUT2D eigenvalue weighted by molar-refractivity contribution is 0.586. The molecule has 1 atom stereocenters. The molecule has 4 rings (SSSR count). The van der Waals surface area contributed by atoms with Crippen LogP contribution in [0.25, 0.3) is 0 Å². The van der Waals surface area contributed by atoms with Crippen LogP contribution < -0.4 is 9.73 Å². The van der Waals surface area contributed by atoms with Crippen LogP contribution in [-0.4, -0.2) is 20.7 Å². The van der Waals surface area contributed by atoms with E-state index in [2.05, 4.69) is 11.6 Å². The number of aryl methyl sites for hydroxylation is 1. The zero-order valence-corrected chi connectivity index (χ0v) is 21.6. The van der Waals surface area contributed by atoms with Gasteiger partial charge in [0.1, 0.15) is 0 Å². The van der Waals surface area contributed by atoms with Crippen molar-refractivity contribution in [2.45, 2.75) is 37.1 Å². The highest BCUT2D eigenvalue weighted by atomic mass is 35.5. The molecule has 0 bridgehead atoms. The largest absolute Gasteiger partial charge is 0.256 e. The number of rotatable bonds is 8. The highest BCUT2D eigenvalue weighted by Gasteiger charge is 2.31. The van der Waals surface area contributed by atoms with Crippen LogP contribution in [0.5, 0.6) is 0 Å². The standard InChI is InChI=1S/C25H24Cl3N3O2S/c1-2-3-17-4-11-22(12-5-17)34(32,33)29-16-21-15-25(18-6-8-19(26)9-7-18)31(30-21)24-13-10-20(27)14-23(24)28/h4-14,25,29H,2-3,15-16H2,1H3. The van der Waals surface area contributed by atoms with E-state index in [4.69, 9.17) is 39.9 Å². The molecule has 1 N–H and O–H groups in total. The van der Waals surface area contributed by atoms with Crippen molar-refractivity contribution in [2.75, 3.05) is 11.6 Å². The number of anilines is 1. The van der Waals surface area contributed by atoms with E-state index in [0.29, 0.717) is 32.9 Å². The van der Waals surface area contributed by atoms with Crippen molar-refractivity contribution < 1.29 is 8.42 Å². The highest BCUT2D eigenvalue weighted by molar-refractivity contribution is 7.89. The van der Waals surface area contributed by atoms with Gasteiger partial charge < -0.3 is 0 Å². The molecular formula is C25H24Cl3N3O2S. The molecule has 5 nitrogen and oxygen atoms in total. The Kier molecular flexibility index (Phi) is 7.85. The molecule has 1 aliphatic heterocycles. The Bertz CT molecular complexity index is 1290. The fraction of sp³-hybridized carbons (Fsp3) is 0.240. The molecule has 0 aliphatic carbocycles. The van der Waals surface area contributed by atoms with Gasteiger partial charge in [0.25, 0.3) is 0 Å². The van der Waals surface area contributed by atoms with E-state index in [1.54, 1.807) is 24.3 Å². The van der Waals surface area contributed by atoms with E-state index in [1.165, 1.54) is 0 Å². The summed E-state index contributed by atoms with van der Waals surface area (Å²) in [6.07, 6.45) is 2.45. The number of benzene rings is 3. The number of halogens is 3. The summed E-state index contributed by atoms with van der Waals surface area (Å²) < 4.78 is 28.4. The molecule has 9 heteroatoms. The van der Waals surface area contributed by atoms with Gasteiger partial charge in [0.2, 0.25) is 10.0 Å². The van der Waals surface area contributed by atoms with E-state index in [-0.39, 0.29) is 17.5 Å². The lowest BCUT2D eigenvalue weighted by Crippen LogP contribution is -2.29. The minimum Gasteiger partial charge on any atom is -0.256 e. The van der Waals surface area contributed by atoms with Gasteiger partial charge >= 0.3 is 0 Å². The topological polar surface area (TPSA) is 61.8 Å². The molecule has 1 heterocycles. The normalized spacial score (nSPS) is 16.1. The van der Waals surface area contributed by atoms with Crippen molar-refractivity contribution >= 4 is 56.2 Å². The summed E-state index contributed by atoms with van der Waals surface area (Å²) >= 11 is 18.6. The van der Waals surface area contributed by atoms with Crippen LogP contribution >= 0.6 is 34.8 Å². The van der Waals surface area contributed by atoms with Gasteiger partial charge in [0.05, 0.1) is 33.9 Å². The molecule has 0 saturated carbocycles. The molecule has 0 aromatic heterocycles. The van der Waals surface area contributed by atoms with Gasteiger partial charge in [-0.15, -0.1) is 0 Å². The first-order valence-corrected chi connectivity index (χ1v) is 13.5. The van der Waals surface area contributed by atoms with Crippen LogP contribution in [0.1, 0.15) is 36.9 Å². The second-order valence-electron chi connectivity index (χ2n) is 8.10. The van der Waals surface area contributed by atoms with Crippen molar-refractivity contribution in [1.82, 2.24) is 4.72 Å². The maximum Gasteiger partial charge on any atom is 0.240 e. The summed E-state index contributed by atoms with van der Waals surface area (Å²) in [5.74, 6) is 0. The molecule has 3 aromatic carbocycles. The van der Waals surface area contributed by atoms with E-state index < -0.39 is 10.0 Å². The second-order valence-corrected chi connectivity index (χ2v) is 11.1. The van der Waals surface area contributed by atoms with Gasteiger partial charge in [-0.1, -0.05) is 72.4 Å². The number of hydrogen-bond acceptors (Lipinski definition) is 4. The average molecular weight is 537 g/mol. The number of nitrogens with one attached hydrogen (secondary N) is 1. The molecule has 0 spiro atoms. The molecule has 0 radical (unpaired) electrons. The molecular weight excluding hydrogens is 513 g/mol. The summed E-state index contributed by atoms with van der Waals surface area (Å²) in [6, 6.07) is 19.6. The predicted molar refractivity (Wildman–Crippen MR) is 141 cm³/mol. The molecule has 0 fully saturated rings. The first-order chi connectivity index (χ1) is 16.3. The lowest BCUT2D eigenvalue weighted by atomic mass is 10.0. The SMILES string of the molecule is CCCc1ccc(S(=O)(=O)NCC2=NN(c3ccc(Cl)cc3Cl)C(c3ccc(Cl)cc3)C2)cc1. The predicted octanol–water partition coefficient (Wildman–Crippen LogP) is 6.89. The van der Waals surface area contributed by atoms with Crippen molar-refractivity contribution in [2.24, 2.45) is 5.10 Å². The van der Waals surface area contributed by atoms with E-state index in [1.807, 2.05) is 47.5 Å². The number of nitrogens with zero attached hydrogens (tertiary/aromatic N) is 2. The summed E-state index contributed by atoms with van der Waals surface area (Å²) in [5.41, 5.74) is 3.49. The third-order valence-electron chi connectivity index (χ3n) is 5.62. The third kappa shape index (κ3) is 5.75. The van der Waals surface area contributed by atoms with E-state index in [9.17, 15) is 8.42 Å². The molecule has 178 valence electrons. The van der Waals surface area contributed by atoms with Crippen molar-refractivity contribution in [3.8, 4) is 0 Å². The van der Waals surface area contributed by atoms with Crippen LogP contribution in [0, 0.1) is 0 Å². The van der Waals surface area contributed by atoms with Crippen molar-refractivity contribution in [1.29, 1.82) is 0 Å². The Morgan fingerprint density at radius 2 is 1.65 bits per heavy atom. The zero-order chi connectivity index (χ0) is 24.3. The third-order valence-corrected chi connectivity index (χ3v) is 7.83. The molecule has 0 amide bonds. The van der Waals surface area contributed by atoms with Crippen LogP contribution in [0.3, 0.4) is 0 Å². The Hall–Kier alpha value is -2.09. The monoisotopic (exact) mass is 535 g/mol. The van der Waals surface area contributed by atoms with Gasteiger partial charge in [0, 0.05) is 16.5 Å². The quantitative estimate of drug-likeness (QED) is 0.341. The second kappa shape index (κ2) is 10.7. The highest BCUT2D eigenvalue weighted by Crippen LogP contribution is 2.39.